The minimum absolute atomic E-state index is 0.0377. The van der Waals surface area contributed by atoms with Crippen LogP contribution in [0.1, 0.15) is 21.6 Å². The van der Waals surface area contributed by atoms with Crippen molar-refractivity contribution in [1.29, 1.82) is 5.26 Å². The zero-order valence-electron chi connectivity index (χ0n) is 18.8. The van der Waals surface area contributed by atoms with E-state index in [4.69, 9.17) is 0 Å². The number of aliphatic imine (C=N–C) groups is 1. The summed E-state index contributed by atoms with van der Waals surface area (Å²) >= 11 is 0. The number of carbonyl (C=O) groups excluding carboxylic acids is 2. The lowest BCUT2D eigenvalue weighted by molar-refractivity contribution is -0.119. The fraction of sp³-hybridized carbons (Fsp3) is 0.111. The van der Waals surface area contributed by atoms with Crippen LogP contribution >= 0.6 is 0 Å². The van der Waals surface area contributed by atoms with Crippen molar-refractivity contribution >= 4 is 34.1 Å². The third-order valence-corrected chi connectivity index (χ3v) is 6.01. The minimum atomic E-state index is -1.30. The van der Waals surface area contributed by atoms with E-state index in [1.54, 1.807) is 60.1 Å². The van der Waals surface area contributed by atoms with E-state index >= 15 is 0 Å². The van der Waals surface area contributed by atoms with Crippen LogP contribution in [0.4, 0.5) is 10.1 Å². The molecule has 5 rings (SSSR count). The highest BCUT2D eigenvalue weighted by molar-refractivity contribution is 6.20. The standard InChI is InChI=1S/C27H20FN5O2/c1-32-22-13-7-4-10-19(22)24(18-9-3-5-11-20(18)28)30-25(27(32)35)31-26(34)23-16-17-8-2-6-12-21(17)33(23)15-14-29/h2-13,16,25H,15H2,1H3,(H,31,34). The number of halogens is 1. The van der Waals surface area contributed by atoms with Crippen LogP contribution in [0.5, 0.6) is 0 Å². The van der Waals surface area contributed by atoms with Crippen molar-refractivity contribution in [2.45, 2.75) is 12.7 Å². The maximum Gasteiger partial charge on any atom is 0.272 e. The molecule has 1 aliphatic rings. The van der Waals surface area contributed by atoms with Gasteiger partial charge in [-0.2, -0.15) is 5.26 Å². The first-order valence-electron chi connectivity index (χ1n) is 11.0. The molecule has 0 saturated carbocycles. The number of hydrogen-bond acceptors (Lipinski definition) is 4. The minimum Gasteiger partial charge on any atom is -0.323 e. The highest BCUT2D eigenvalue weighted by Gasteiger charge is 2.32. The molecule has 1 aliphatic heterocycles. The van der Waals surface area contributed by atoms with Gasteiger partial charge in [-0.1, -0.05) is 48.5 Å². The van der Waals surface area contributed by atoms with Gasteiger partial charge >= 0.3 is 0 Å². The second-order valence-electron chi connectivity index (χ2n) is 8.08. The molecule has 7 nitrogen and oxygen atoms in total. The van der Waals surface area contributed by atoms with Crippen molar-refractivity contribution in [3.05, 3.63) is 102 Å². The van der Waals surface area contributed by atoms with Crippen LogP contribution in [0.2, 0.25) is 0 Å². The molecule has 2 heterocycles. The first-order valence-corrected chi connectivity index (χ1v) is 11.0. The molecular weight excluding hydrogens is 445 g/mol. The quantitative estimate of drug-likeness (QED) is 0.496. The molecule has 1 aromatic heterocycles. The van der Waals surface area contributed by atoms with Crippen LogP contribution in [-0.2, 0) is 11.3 Å². The lowest BCUT2D eigenvalue weighted by Gasteiger charge is -2.21. The van der Waals surface area contributed by atoms with Crippen molar-refractivity contribution in [2.24, 2.45) is 4.99 Å². The number of amides is 2. The number of fused-ring (bicyclic) bond motifs is 2. The fourth-order valence-electron chi connectivity index (χ4n) is 4.32. The molecule has 172 valence electrons. The molecule has 3 aromatic carbocycles. The molecule has 4 aromatic rings. The summed E-state index contributed by atoms with van der Waals surface area (Å²) in [5.41, 5.74) is 2.57. The molecule has 0 aliphatic carbocycles. The molecule has 35 heavy (non-hydrogen) atoms. The highest BCUT2D eigenvalue weighted by Crippen LogP contribution is 2.28. The van der Waals surface area contributed by atoms with Crippen LogP contribution < -0.4 is 10.2 Å². The van der Waals surface area contributed by atoms with Gasteiger partial charge in [-0.25, -0.2) is 9.38 Å². The molecule has 2 amide bonds. The second-order valence-corrected chi connectivity index (χ2v) is 8.08. The van der Waals surface area contributed by atoms with E-state index in [1.807, 2.05) is 24.3 Å². The number of likely N-dealkylation sites (N-methyl/N-ethyl adjacent to an activating group) is 1. The van der Waals surface area contributed by atoms with Gasteiger partial charge in [-0.3, -0.25) is 9.59 Å². The fourth-order valence-corrected chi connectivity index (χ4v) is 4.32. The van der Waals surface area contributed by atoms with Gasteiger partial charge in [-0.15, -0.1) is 0 Å². The number of aromatic nitrogens is 1. The number of nitrogens with one attached hydrogen (secondary N) is 1. The summed E-state index contributed by atoms with van der Waals surface area (Å²) in [5, 5.41) is 12.8. The number of rotatable bonds is 4. The second kappa shape index (κ2) is 8.88. The summed E-state index contributed by atoms with van der Waals surface area (Å²) in [4.78, 5) is 32.7. The van der Waals surface area contributed by atoms with Crippen LogP contribution in [-0.4, -0.2) is 35.3 Å². The van der Waals surface area contributed by atoms with E-state index in [0.717, 1.165) is 10.9 Å². The summed E-state index contributed by atoms with van der Waals surface area (Å²) in [7, 11) is 1.59. The number of nitrogens with zero attached hydrogens (tertiary/aromatic N) is 4. The molecule has 0 radical (unpaired) electrons. The summed E-state index contributed by atoms with van der Waals surface area (Å²) in [5.74, 6) is -1.52. The summed E-state index contributed by atoms with van der Waals surface area (Å²) in [6, 6.07) is 24.3. The number of benzene rings is 3. The number of carbonyl (C=O) groups is 2. The Kier molecular flexibility index (Phi) is 5.59. The predicted molar refractivity (Wildman–Crippen MR) is 131 cm³/mol. The summed E-state index contributed by atoms with van der Waals surface area (Å²) < 4.78 is 16.4. The Hall–Kier alpha value is -4.77. The predicted octanol–water partition coefficient (Wildman–Crippen LogP) is 3.87. The van der Waals surface area contributed by atoms with Crippen molar-refractivity contribution in [3.63, 3.8) is 0 Å². The topological polar surface area (TPSA) is 90.5 Å². The van der Waals surface area contributed by atoms with E-state index in [-0.39, 0.29) is 23.5 Å². The van der Waals surface area contributed by atoms with Gasteiger partial charge in [0.05, 0.1) is 17.5 Å². The van der Waals surface area contributed by atoms with Crippen LogP contribution in [0, 0.1) is 17.1 Å². The number of anilines is 1. The lowest BCUT2D eigenvalue weighted by atomic mass is 10.00. The molecule has 1 N–H and O–H groups in total. The van der Waals surface area contributed by atoms with Crippen LogP contribution in [0.15, 0.2) is 83.9 Å². The Labute approximate surface area is 200 Å². The monoisotopic (exact) mass is 465 g/mol. The van der Waals surface area contributed by atoms with Crippen LogP contribution in [0.3, 0.4) is 0 Å². The van der Waals surface area contributed by atoms with Crippen molar-refractivity contribution < 1.29 is 14.0 Å². The van der Waals surface area contributed by atoms with Gasteiger partial charge in [0.1, 0.15) is 18.1 Å². The Morgan fingerprint density at radius 1 is 1.06 bits per heavy atom. The Morgan fingerprint density at radius 3 is 2.51 bits per heavy atom. The van der Waals surface area contributed by atoms with Gasteiger partial charge in [-0.05, 0) is 30.3 Å². The van der Waals surface area contributed by atoms with Gasteiger partial charge in [0.15, 0.2) is 0 Å². The third-order valence-electron chi connectivity index (χ3n) is 6.01. The molecule has 0 saturated heterocycles. The number of nitriles is 1. The first-order chi connectivity index (χ1) is 17.0. The van der Waals surface area contributed by atoms with Crippen molar-refractivity contribution in [3.8, 4) is 6.07 Å². The van der Waals surface area contributed by atoms with E-state index in [0.29, 0.717) is 11.3 Å². The third kappa shape index (κ3) is 3.83. The van der Waals surface area contributed by atoms with Gasteiger partial charge in [0.25, 0.3) is 11.8 Å². The average Bonchev–Trinajstić information content (AvgIpc) is 3.20. The molecular formula is C27H20FN5O2. The van der Waals surface area contributed by atoms with Crippen molar-refractivity contribution in [1.82, 2.24) is 9.88 Å². The van der Waals surface area contributed by atoms with E-state index < -0.39 is 23.8 Å². The number of benzodiazepines with no additional fused rings is 1. The maximum absolute atomic E-state index is 14.8. The Bertz CT molecular complexity index is 1550. The zero-order chi connectivity index (χ0) is 24.5. The molecule has 8 heteroatoms. The molecule has 0 spiro atoms. The number of para-hydroxylation sites is 2. The number of hydrogen-bond donors (Lipinski definition) is 1. The summed E-state index contributed by atoms with van der Waals surface area (Å²) in [6.45, 7) is -0.0377. The van der Waals surface area contributed by atoms with Gasteiger partial charge in [0, 0.05) is 29.1 Å². The van der Waals surface area contributed by atoms with E-state index in [1.165, 1.54) is 11.0 Å². The smallest absolute Gasteiger partial charge is 0.272 e. The molecule has 0 fully saturated rings. The maximum atomic E-state index is 14.8. The average molecular weight is 465 g/mol. The van der Waals surface area contributed by atoms with Crippen molar-refractivity contribution in [2.75, 3.05) is 11.9 Å². The summed E-state index contributed by atoms with van der Waals surface area (Å²) in [6.07, 6.45) is -1.30. The van der Waals surface area contributed by atoms with Gasteiger partial charge < -0.3 is 14.8 Å². The van der Waals surface area contributed by atoms with E-state index in [9.17, 15) is 19.2 Å². The first kappa shape index (κ1) is 22.0. The van der Waals surface area contributed by atoms with Crippen LogP contribution in [0.25, 0.3) is 10.9 Å². The molecule has 1 unspecified atom stereocenters. The molecule has 1 atom stereocenters. The Balaban J connectivity index is 1.60. The normalized spacial score (nSPS) is 15.2. The zero-order valence-corrected chi connectivity index (χ0v) is 18.8. The molecule has 0 bridgehead atoms. The van der Waals surface area contributed by atoms with Gasteiger partial charge in [0.2, 0.25) is 6.17 Å². The van der Waals surface area contributed by atoms with E-state index in [2.05, 4.69) is 16.4 Å². The largest absolute Gasteiger partial charge is 0.323 e. The lowest BCUT2D eigenvalue weighted by Crippen LogP contribution is -2.46. The Morgan fingerprint density at radius 2 is 1.74 bits per heavy atom. The highest BCUT2D eigenvalue weighted by atomic mass is 19.1. The SMILES string of the molecule is CN1C(=O)C(NC(=O)c2cc3ccccc3n2CC#N)N=C(c2ccccc2F)c2ccccc21.